The number of piperazine rings is 1. The molecule has 1 N–H and O–H groups in total. The van der Waals surface area contributed by atoms with E-state index >= 15 is 0 Å². The second-order valence-electron chi connectivity index (χ2n) is 18.7. The lowest BCUT2D eigenvalue weighted by Gasteiger charge is -2.37. The summed E-state index contributed by atoms with van der Waals surface area (Å²) in [4.78, 5) is 74.5. The average Bonchev–Trinajstić information content (AvgIpc) is 4.02. The first-order valence-electron chi connectivity index (χ1n) is 23.6. The van der Waals surface area contributed by atoms with E-state index in [1.165, 1.54) is 9.13 Å². The molecular formula is C49H56F2N12O5. The number of anilines is 2. The number of piperidine rings is 2. The van der Waals surface area contributed by atoms with Crippen LogP contribution in [0.5, 0.6) is 0 Å². The minimum absolute atomic E-state index is 0.0158. The van der Waals surface area contributed by atoms with Crippen molar-refractivity contribution < 1.29 is 28.0 Å². The molecule has 0 saturated carbocycles. The van der Waals surface area contributed by atoms with Crippen LogP contribution in [0.1, 0.15) is 85.5 Å². The van der Waals surface area contributed by atoms with Crippen LogP contribution in [0.15, 0.2) is 47.5 Å². The number of carbonyl (C=O) groups excluding carboxylic acids is 4. The number of likely N-dealkylation sites (tertiary alicyclic amines) is 1. The summed E-state index contributed by atoms with van der Waals surface area (Å²) in [6.07, 6.45) is 4.79. The van der Waals surface area contributed by atoms with Crippen molar-refractivity contribution in [1.82, 2.24) is 53.6 Å². The number of fused-ring (bicyclic) bond motifs is 3. The predicted octanol–water partition coefficient (Wildman–Crippen LogP) is 3.67. The van der Waals surface area contributed by atoms with Gasteiger partial charge < -0.3 is 14.7 Å². The number of rotatable bonds is 8. The van der Waals surface area contributed by atoms with Crippen LogP contribution in [0.25, 0.3) is 22.2 Å². The maximum Gasteiger partial charge on any atom is 0.329 e. The first kappa shape index (κ1) is 45.1. The molecule has 1 unspecified atom stereocenters. The van der Waals surface area contributed by atoms with Gasteiger partial charge in [0.15, 0.2) is 5.82 Å². The summed E-state index contributed by atoms with van der Waals surface area (Å²) in [5.74, 6) is 6.52. The van der Waals surface area contributed by atoms with Crippen LogP contribution in [0.2, 0.25) is 0 Å². The monoisotopic (exact) mass is 930 g/mol. The fourth-order valence-corrected chi connectivity index (χ4v) is 10.8. The van der Waals surface area contributed by atoms with Crippen LogP contribution < -0.4 is 15.9 Å². The Kier molecular flexibility index (Phi) is 12.2. The Hall–Kier alpha value is -6.65. The van der Waals surface area contributed by atoms with Crippen molar-refractivity contribution in [2.24, 2.45) is 14.1 Å². The number of hydrogen-bond acceptors (Lipinski definition) is 10. The van der Waals surface area contributed by atoms with E-state index in [9.17, 15) is 32.8 Å². The molecule has 8 heterocycles. The molecule has 17 nitrogen and oxygen atoms in total. The summed E-state index contributed by atoms with van der Waals surface area (Å²) in [5.41, 5.74) is 6.42. The van der Waals surface area contributed by atoms with Gasteiger partial charge in [0, 0.05) is 120 Å². The highest BCUT2D eigenvalue weighted by atomic mass is 19.3. The van der Waals surface area contributed by atoms with Gasteiger partial charge in [0.25, 0.3) is 6.43 Å². The van der Waals surface area contributed by atoms with E-state index in [4.69, 9.17) is 5.10 Å². The summed E-state index contributed by atoms with van der Waals surface area (Å²) in [6, 6.07) is 8.28. The molecule has 4 amide bonds. The number of carbonyl (C=O) groups is 4. The lowest BCUT2D eigenvalue weighted by molar-refractivity contribution is -0.136. The predicted molar refractivity (Wildman–Crippen MR) is 249 cm³/mol. The molecule has 3 fully saturated rings. The van der Waals surface area contributed by atoms with Gasteiger partial charge in [-0.15, -0.1) is 0 Å². The maximum atomic E-state index is 14.7. The number of imidazole rings is 1. The van der Waals surface area contributed by atoms with Crippen LogP contribution in [0, 0.1) is 11.8 Å². The highest BCUT2D eigenvalue weighted by molar-refractivity contribution is 6.00. The molecule has 356 valence electrons. The van der Waals surface area contributed by atoms with Crippen molar-refractivity contribution in [3.05, 3.63) is 81.2 Å². The first-order valence-corrected chi connectivity index (χ1v) is 23.6. The van der Waals surface area contributed by atoms with E-state index in [1.54, 1.807) is 50.2 Å². The van der Waals surface area contributed by atoms with E-state index in [2.05, 4.69) is 41.6 Å². The number of para-hydroxylation sites is 1. The Morgan fingerprint density at radius 2 is 1.69 bits per heavy atom. The van der Waals surface area contributed by atoms with Gasteiger partial charge in [-0.05, 0) is 67.5 Å². The number of aromatic nitrogens is 6. The zero-order valence-corrected chi connectivity index (χ0v) is 38.7. The third-order valence-corrected chi connectivity index (χ3v) is 14.5. The van der Waals surface area contributed by atoms with Crippen molar-refractivity contribution in [2.45, 2.75) is 76.9 Å². The third kappa shape index (κ3) is 8.48. The third-order valence-electron chi connectivity index (χ3n) is 14.5. The van der Waals surface area contributed by atoms with Gasteiger partial charge in [0.05, 0.1) is 48.5 Å². The Balaban J connectivity index is 0.775. The Morgan fingerprint density at radius 1 is 0.912 bits per heavy atom. The van der Waals surface area contributed by atoms with Gasteiger partial charge in [0.2, 0.25) is 23.6 Å². The van der Waals surface area contributed by atoms with E-state index in [-0.39, 0.29) is 47.9 Å². The number of hydrogen-bond donors (Lipinski definition) is 1. The highest BCUT2D eigenvalue weighted by Crippen LogP contribution is 2.44. The number of amides is 4. The molecule has 5 aromatic rings. The molecule has 10 rings (SSSR count). The zero-order chi connectivity index (χ0) is 47.4. The molecule has 0 aliphatic carbocycles. The molecule has 19 heteroatoms. The summed E-state index contributed by atoms with van der Waals surface area (Å²) >= 11 is 0. The summed E-state index contributed by atoms with van der Waals surface area (Å²) < 4.78 is 36.2. The fraction of sp³-hybridized carbons (Fsp3) is 0.490. The van der Waals surface area contributed by atoms with Gasteiger partial charge in [-0.3, -0.25) is 52.8 Å². The molecule has 3 aromatic heterocycles. The standard InChI is InChI=1S/C49H56F2N12O5/c1-31(64)60-20-15-39-38(29-60)47(61-17-6-9-33-25-36(34-27-52-55(2)28-34)37(46(50)51)26-42(33)61)54-63(39)35-13-18-59(19-14-35)44(66)30-58-23-21-57(22-24-58)16-5-8-32-7-4-10-40-45(32)56(3)49(68)62(40)41-11-12-43(65)53-48(41)67/h4,7,10,25-28,35,41,46H,6,9,11-24,29-30H2,1-3H3,(H,53,65,67). The number of halogens is 2. The molecule has 68 heavy (non-hydrogen) atoms. The largest absolute Gasteiger partial charge is 0.341 e. The normalized spacial score (nSPS) is 19.6. The van der Waals surface area contributed by atoms with Crippen LogP contribution in [-0.4, -0.2) is 137 Å². The van der Waals surface area contributed by atoms with Crippen LogP contribution in [-0.2, 0) is 52.7 Å². The van der Waals surface area contributed by atoms with Gasteiger partial charge in [0.1, 0.15) is 6.04 Å². The molecular weight excluding hydrogens is 875 g/mol. The van der Waals surface area contributed by atoms with Gasteiger partial charge in [-0.25, -0.2) is 13.6 Å². The Labute approximate surface area is 392 Å². The SMILES string of the molecule is CC(=O)N1CCc2c(c(N3CCCc4cc(-c5cnn(C)c5)c(C(F)F)cc43)nn2C2CCN(C(=O)CN3CCN(CC#Cc4cccc5c4n(C)c(=O)n5C4CCC(=O)NC4=O)CC3)CC2)C1. The second kappa shape index (κ2) is 18.4. The molecule has 2 aromatic carbocycles. The smallest absolute Gasteiger partial charge is 0.329 e. The minimum Gasteiger partial charge on any atom is -0.341 e. The van der Waals surface area contributed by atoms with Crippen LogP contribution in [0.3, 0.4) is 0 Å². The lowest BCUT2D eigenvalue weighted by Crippen LogP contribution is -2.51. The fourth-order valence-electron chi connectivity index (χ4n) is 10.8. The average molecular weight is 931 g/mol. The molecule has 5 aliphatic rings. The quantitative estimate of drug-likeness (QED) is 0.180. The number of aryl methyl sites for hydroxylation is 3. The maximum absolute atomic E-state index is 14.7. The molecule has 0 spiro atoms. The highest BCUT2D eigenvalue weighted by Gasteiger charge is 2.36. The second-order valence-corrected chi connectivity index (χ2v) is 18.7. The number of nitrogens with one attached hydrogen (secondary N) is 1. The summed E-state index contributed by atoms with van der Waals surface area (Å²) in [5, 5.41) is 11.9. The Morgan fingerprint density at radius 3 is 2.41 bits per heavy atom. The van der Waals surface area contributed by atoms with E-state index < -0.39 is 18.4 Å². The molecule has 3 saturated heterocycles. The van der Waals surface area contributed by atoms with Crippen molar-refractivity contribution in [1.29, 1.82) is 0 Å². The van der Waals surface area contributed by atoms with Gasteiger partial charge in [-0.1, -0.05) is 17.9 Å². The van der Waals surface area contributed by atoms with Crippen LogP contribution >= 0.6 is 0 Å². The molecule has 1 atom stereocenters. The zero-order valence-electron chi connectivity index (χ0n) is 38.7. The molecule has 5 aliphatic heterocycles. The Bertz CT molecular complexity index is 2940. The molecule has 0 radical (unpaired) electrons. The lowest BCUT2D eigenvalue weighted by atomic mass is 9.92. The number of benzene rings is 2. The van der Waals surface area contributed by atoms with Crippen molar-refractivity contribution in [3.8, 4) is 23.0 Å². The van der Waals surface area contributed by atoms with Gasteiger partial charge >= 0.3 is 5.69 Å². The topological polar surface area (TPSA) is 159 Å². The van der Waals surface area contributed by atoms with Gasteiger partial charge in [-0.2, -0.15) is 10.2 Å². The van der Waals surface area contributed by atoms with E-state index in [0.717, 1.165) is 80.2 Å². The number of alkyl halides is 2. The van der Waals surface area contributed by atoms with E-state index in [0.29, 0.717) is 80.0 Å². The summed E-state index contributed by atoms with van der Waals surface area (Å²) in [6.45, 7) is 8.18. The number of imide groups is 1. The molecule has 0 bridgehead atoms. The summed E-state index contributed by atoms with van der Waals surface area (Å²) in [7, 11) is 3.44. The van der Waals surface area contributed by atoms with Crippen molar-refractivity contribution in [3.63, 3.8) is 0 Å². The first-order chi connectivity index (χ1) is 32.8. The van der Waals surface area contributed by atoms with Crippen LogP contribution in [0.4, 0.5) is 20.3 Å². The van der Waals surface area contributed by atoms with Crippen molar-refractivity contribution in [2.75, 3.05) is 70.3 Å². The van der Waals surface area contributed by atoms with Crippen molar-refractivity contribution >= 4 is 46.2 Å². The van der Waals surface area contributed by atoms with E-state index in [1.807, 2.05) is 28.0 Å². The minimum atomic E-state index is -2.69. The number of nitrogens with zero attached hydrogens (tertiary/aromatic N) is 11.